The SMILES string of the molecule is Cn1cc(-c2cc(-c3cn(C4CC(C#N)C4)nc3N)c3ccnn3c2)cn1. The number of nitriles is 1. The van der Waals surface area contributed by atoms with Crippen molar-refractivity contribution < 1.29 is 0 Å². The van der Waals surface area contributed by atoms with E-state index < -0.39 is 0 Å². The maximum atomic E-state index is 9.00. The number of pyridine rings is 1. The van der Waals surface area contributed by atoms with Crippen LogP contribution in [0, 0.1) is 17.2 Å². The van der Waals surface area contributed by atoms with Gasteiger partial charge >= 0.3 is 0 Å². The zero-order valence-corrected chi connectivity index (χ0v) is 14.8. The van der Waals surface area contributed by atoms with Gasteiger partial charge in [-0.1, -0.05) is 0 Å². The van der Waals surface area contributed by atoms with Crippen molar-refractivity contribution in [1.82, 2.24) is 29.2 Å². The van der Waals surface area contributed by atoms with Gasteiger partial charge in [0.25, 0.3) is 0 Å². The third kappa shape index (κ3) is 2.47. The monoisotopic (exact) mass is 358 g/mol. The minimum Gasteiger partial charge on any atom is -0.382 e. The highest BCUT2D eigenvalue weighted by atomic mass is 15.3. The number of hydrogen-bond acceptors (Lipinski definition) is 5. The van der Waals surface area contributed by atoms with Gasteiger partial charge in [0, 0.05) is 54.1 Å². The number of aryl methyl sites for hydroxylation is 1. The molecule has 0 aromatic carbocycles. The highest BCUT2D eigenvalue weighted by molar-refractivity contribution is 5.88. The van der Waals surface area contributed by atoms with Crippen LogP contribution in [-0.2, 0) is 7.05 Å². The number of fused-ring (bicyclic) bond motifs is 1. The van der Waals surface area contributed by atoms with Gasteiger partial charge in [0.2, 0.25) is 0 Å². The summed E-state index contributed by atoms with van der Waals surface area (Å²) in [7, 11) is 1.89. The van der Waals surface area contributed by atoms with E-state index in [4.69, 9.17) is 11.0 Å². The van der Waals surface area contributed by atoms with Gasteiger partial charge in [-0.05, 0) is 25.0 Å². The van der Waals surface area contributed by atoms with E-state index in [9.17, 15) is 0 Å². The van der Waals surface area contributed by atoms with Crippen molar-refractivity contribution in [2.45, 2.75) is 18.9 Å². The summed E-state index contributed by atoms with van der Waals surface area (Å²) in [6.45, 7) is 0. The molecule has 0 unspecified atom stereocenters. The number of anilines is 1. The van der Waals surface area contributed by atoms with Gasteiger partial charge in [0.1, 0.15) is 0 Å². The highest BCUT2D eigenvalue weighted by Gasteiger charge is 2.31. The molecule has 4 aromatic heterocycles. The largest absolute Gasteiger partial charge is 0.382 e. The minimum atomic E-state index is 0.124. The molecule has 4 heterocycles. The number of aromatic nitrogens is 6. The second-order valence-corrected chi connectivity index (χ2v) is 7.07. The van der Waals surface area contributed by atoms with Gasteiger partial charge in [0.15, 0.2) is 5.82 Å². The summed E-state index contributed by atoms with van der Waals surface area (Å²) in [6, 6.07) is 6.62. The van der Waals surface area contributed by atoms with E-state index in [0.29, 0.717) is 5.82 Å². The molecule has 1 saturated carbocycles. The van der Waals surface area contributed by atoms with E-state index in [1.165, 1.54) is 0 Å². The molecule has 1 fully saturated rings. The number of rotatable bonds is 3. The first-order valence-electron chi connectivity index (χ1n) is 8.83. The third-order valence-corrected chi connectivity index (χ3v) is 5.27. The van der Waals surface area contributed by atoms with Crippen LogP contribution in [0.4, 0.5) is 5.82 Å². The first-order valence-corrected chi connectivity index (χ1v) is 8.83. The van der Waals surface area contributed by atoms with Gasteiger partial charge in [-0.15, -0.1) is 0 Å². The summed E-state index contributed by atoms with van der Waals surface area (Å²) in [5.41, 5.74) is 11.1. The Hall–Kier alpha value is -3.60. The first kappa shape index (κ1) is 15.6. The van der Waals surface area contributed by atoms with Crippen LogP contribution >= 0.6 is 0 Å². The molecule has 0 atom stereocenters. The smallest absolute Gasteiger partial charge is 0.153 e. The van der Waals surface area contributed by atoms with Crippen LogP contribution in [0.25, 0.3) is 27.8 Å². The Morgan fingerprint density at radius 2 is 2.00 bits per heavy atom. The highest BCUT2D eigenvalue weighted by Crippen LogP contribution is 2.39. The Morgan fingerprint density at radius 3 is 2.74 bits per heavy atom. The van der Waals surface area contributed by atoms with Crippen molar-refractivity contribution in [3.63, 3.8) is 0 Å². The van der Waals surface area contributed by atoms with Crippen LogP contribution in [0.1, 0.15) is 18.9 Å². The molecule has 2 N–H and O–H groups in total. The molecule has 5 rings (SSSR count). The fraction of sp³-hybridized carbons (Fsp3) is 0.263. The summed E-state index contributed by atoms with van der Waals surface area (Å²) < 4.78 is 5.53. The predicted molar refractivity (Wildman–Crippen MR) is 100 cm³/mol. The van der Waals surface area contributed by atoms with Crippen LogP contribution in [-0.4, -0.2) is 29.2 Å². The Morgan fingerprint density at radius 1 is 1.15 bits per heavy atom. The molecule has 4 aromatic rings. The summed E-state index contributed by atoms with van der Waals surface area (Å²) in [5.74, 6) is 0.612. The zero-order valence-electron chi connectivity index (χ0n) is 14.8. The molecule has 1 aliphatic rings. The van der Waals surface area contributed by atoms with Crippen LogP contribution in [0.2, 0.25) is 0 Å². The molecule has 0 amide bonds. The minimum absolute atomic E-state index is 0.124. The lowest BCUT2D eigenvalue weighted by molar-refractivity contribution is 0.230. The van der Waals surface area contributed by atoms with E-state index >= 15 is 0 Å². The molecule has 1 aliphatic carbocycles. The second-order valence-electron chi connectivity index (χ2n) is 7.07. The average Bonchev–Trinajstić information content (AvgIpc) is 3.33. The summed E-state index contributed by atoms with van der Waals surface area (Å²) in [4.78, 5) is 0. The van der Waals surface area contributed by atoms with Gasteiger partial charge in [0.05, 0.1) is 29.7 Å². The molecule has 0 saturated heterocycles. The fourth-order valence-electron chi connectivity index (χ4n) is 3.68. The standard InChI is InChI=1S/C19H18N8/c1-25-9-14(8-23-25)13-6-16(18-2-3-22-27(18)10-13)17-11-26(24-19(17)21)15-4-12(5-15)7-20/h2-3,6,8-12,15H,4-5H2,1H3,(H2,21,24). The maximum absolute atomic E-state index is 9.00. The number of nitrogens with zero attached hydrogens (tertiary/aromatic N) is 7. The number of hydrogen-bond donors (Lipinski definition) is 1. The summed E-state index contributed by atoms with van der Waals surface area (Å²) in [5, 5.41) is 22.2. The van der Waals surface area contributed by atoms with Gasteiger partial charge in [-0.3, -0.25) is 9.36 Å². The van der Waals surface area contributed by atoms with E-state index in [0.717, 1.165) is 40.6 Å². The predicted octanol–water partition coefficient (Wildman–Crippen LogP) is 2.66. The molecule has 0 radical (unpaired) electrons. The molecule has 134 valence electrons. The van der Waals surface area contributed by atoms with Crippen LogP contribution in [0.5, 0.6) is 0 Å². The first-order chi connectivity index (χ1) is 13.1. The van der Waals surface area contributed by atoms with Crippen molar-refractivity contribution in [3.8, 4) is 28.3 Å². The lowest BCUT2D eigenvalue weighted by Gasteiger charge is -2.30. The molecule has 8 heteroatoms. The Labute approximate surface area is 155 Å². The van der Waals surface area contributed by atoms with Gasteiger partial charge in [-0.2, -0.15) is 20.6 Å². The topological polar surface area (TPSA) is 103 Å². The number of nitrogens with two attached hydrogens (primary N) is 1. The average molecular weight is 358 g/mol. The molecule has 0 spiro atoms. The lowest BCUT2D eigenvalue weighted by Crippen LogP contribution is -2.26. The normalized spacial score (nSPS) is 19.1. The van der Waals surface area contributed by atoms with Crippen LogP contribution < -0.4 is 5.73 Å². The molecule has 0 bridgehead atoms. The van der Waals surface area contributed by atoms with E-state index in [-0.39, 0.29) is 12.0 Å². The summed E-state index contributed by atoms with van der Waals surface area (Å²) in [6.07, 6.45) is 11.2. The molecule has 27 heavy (non-hydrogen) atoms. The maximum Gasteiger partial charge on any atom is 0.153 e. The fourth-order valence-corrected chi connectivity index (χ4v) is 3.68. The second kappa shape index (κ2) is 5.71. The van der Waals surface area contributed by atoms with E-state index in [2.05, 4.69) is 27.4 Å². The van der Waals surface area contributed by atoms with Gasteiger partial charge < -0.3 is 5.73 Å². The molecular formula is C19H18N8. The number of nitrogen functional groups attached to an aromatic ring is 1. The Kier molecular flexibility index (Phi) is 3.31. The third-order valence-electron chi connectivity index (χ3n) is 5.27. The van der Waals surface area contributed by atoms with Crippen molar-refractivity contribution >= 4 is 11.3 Å². The molecule has 0 aliphatic heterocycles. The van der Waals surface area contributed by atoms with Crippen LogP contribution in [0.3, 0.4) is 0 Å². The van der Waals surface area contributed by atoms with Crippen molar-refractivity contribution in [2.24, 2.45) is 13.0 Å². The molecule has 8 nitrogen and oxygen atoms in total. The van der Waals surface area contributed by atoms with E-state index in [1.54, 1.807) is 10.9 Å². The van der Waals surface area contributed by atoms with E-state index in [1.807, 2.05) is 47.1 Å². The van der Waals surface area contributed by atoms with Crippen molar-refractivity contribution in [3.05, 3.63) is 43.1 Å². The quantitative estimate of drug-likeness (QED) is 0.606. The molecular weight excluding hydrogens is 340 g/mol. The Bertz CT molecular complexity index is 1180. The summed E-state index contributed by atoms with van der Waals surface area (Å²) >= 11 is 0. The lowest BCUT2D eigenvalue weighted by atomic mass is 9.81. The van der Waals surface area contributed by atoms with Gasteiger partial charge in [-0.25, -0.2) is 4.52 Å². The van der Waals surface area contributed by atoms with Crippen molar-refractivity contribution in [2.75, 3.05) is 5.73 Å². The zero-order chi connectivity index (χ0) is 18.5. The van der Waals surface area contributed by atoms with Crippen molar-refractivity contribution in [1.29, 1.82) is 5.26 Å². The Balaban J connectivity index is 1.62. The van der Waals surface area contributed by atoms with Crippen LogP contribution in [0.15, 0.2) is 43.1 Å².